The standard InChI is InChI=1S/C22H25N3O3/c1-15(26)25-12-10-22(11-13-25)23-18(16-6-2-4-8-20(16)27)14-19(24-22)17-7-3-5-9-21(17)28/h2-9,18,23,27-28H,10-14H2,1H3. The minimum atomic E-state index is -0.519. The summed E-state index contributed by atoms with van der Waals surface area (Å²) in [6.07, 6.45) is 1.94. The van der Waals surface area contributed by atoms with Crippen molar-refractivity contribution >= 4 is 11.6 Å². The number of phenolic OH excluding ortho intramolecular Hbond substituents is 2. The van der Waals surface area contributed by atoms with Crippen molar-refractivity contribution in [3.8, 4) is 11.5 Å². The number of phenols is 2. The number of benzene rings is 2. The van der Waals surface area contributed by atoms with E-state index in [1.165, 1.54) is 0 Å². The van der Waals surface area contributed by atoms with Crippen LogP contribution in [0, 0.1) is 0 Å². The summed E-state index contributed by atoms with van der Waals surface area (Å²) < 4.78 is 0. The third kappa shape index (κ3) is 3.47. The summed E-state index contributed by atoms with van der Waals surface area (Å²) in [6, 6.07) is 14.4. The van der Waals surface area contributed by atoms with Crippen molar-refractivity contribution in [3.05, 3.63) is 59.7 Å². The molecule has 0 aliphatic carbocycles. The van der Waals surface area contributed by atoms with Crippen molar-refractivity contribution in [2.24, 2.45) is 4.99 Å². The first kappa shape index (κ1) is 18.5. The van der Waals surface area contributed by atoms with Crippen LogP contribution in [0.4, 0.5) is 0 Å². The van der Waals surface area contributed by atoms with Gasteiger partial charge in [-0.25, -0.2) is 0 Å². The Morgan fingerprint density at radius 1 is 1.07 bits per heavy atom. The highest BCUT2D eigenvalue weighted by atomic mass is 16.3. The Morgan fingerprint density at radius 3 is 2.36 bits per heavy atom. The topological polar surface area (TPSA) is 85.2 Å². The fourth-order valence-electron chi connectivity index (χ4n) is 4.21. The smallest absolute Gasteiger partial charge is 0.219 e. The molecule has 1 fully saturated rings. The maximum atomic E-state index is 11.7. The molecule has 2 aliphatic heterocycles. The quantitative estimate of drug-likeness (QED) is 0.749. The zero-order valence-corrected chi connectivity index (χ0v) is 15.9. The van der Waals surface area contributed by atoms with Crippen LogP contribution in [0.3, 0.4) is 0 Å². The third-order valence-electron chi connectivity index (χ3n) is 5.75. The minimum absolute atomic E-state index is 0.0767. The zero-order valence-electron chi connectivity index (χ0n) is 15.9. The van der Waals surface area contributed by atoms with Gasteiger partial charge in [-0.05, 0) is 18.2 Å². The van der Waals surface area contributed by atoms with Crippen molar-refractivity contribution < 1.29 is 15.0 Å². The molecular weight excluding hydrogens is 354 g/mol. The molecule has 0 radical (unpaired) electrons. The summed E-state index contributed by atoms with van der Waals surface area (Å²) in [5.41, 5.74) is 1.84. The van der Waals surface area contributed by atoms with E-state index in [9.17, 15) is 15.0 Å². The fourth-order valence-corrected chi connectivity index (χ4v) is 4.21. The van der Waals surface area contributed by atoms with Gasteiger partial charge in [0, 0.05) is 62.2 Å². The molecule has 1 atom stereocenters. The number of nitrogens with one attached hydrogen (secondary N) is 1. The van der Waals surface area contributed by atoms with Crippen LogP contribution in [0.1, 0.15) is 43.4 Å². The summed E-state index contributed by atoms with van der Waals surface area (Å²) in [6.45, 7) is 2.86. The molecule has 0 aromatic heterocycles. The molecule has 2 aromatic rings. The number of aromatic hydroxyl groups is 2. The second-order valence-electron chi connectivity index (χ2n) is 7.57. The molecule has 28 heavy (non-hydrogen) atoms. The van der Waals surface area contributed by atoms with Crippen LogP contribution in [0.5, 0.6) is 11.5 Å². The van der Waals surface area contributed by atoms with E-state index in [1.54, 1.807) is 31.2 Å². The van der Waals surface area contributed by atoms with Crippen LogP contribution in [0.25, 0.3) is 0 Å². The van der Waals surface area contributed by atoms with Gasteiger partial charge in [0.05, 0.1) is 0 Å². The van der Waals surface area contributed by atoms with Crippen LogP contribution >= 0.6 is 0 Å². The molecule has 1 amide bonds. The van der Waals surface area contributed by atoms with Gasteiger partial charge >= 0.3 is 0 Å². The predicted molar refractivity (Wildman–Crippen MR) is 107 cm³/mol. The van der Waals surface area contributed by atoms with Crippen molar-refractivity contribution in [2.75, 3.05) is 13.1 Å². The normalized spacial score (nSPS) is 21.4. The summed E-state index contributed by atoms with van der Waals surface area (Å²) in [5, 5.41) is 24.4. The first-order valence-corrected chi connectivity index (χ1v) is 9.66. The lowest BCUT2D eigenvalue weighted by Gasteiger charge is -2.45. The SMILES string of the molecule is CC(=O)N1CCC2(CC1)N=C(c1ccccc1O)CC(c1ccccc1O)N2. The van der Waals surface area contributed by atoms with Crippen LogP contribution in [0.15, 0.2) is 53.5 Å². The van der Waals surface area contributed by atoms with Gasteiger partial charge in [-0.15, -0.1) is 0 Å². The number of amides is 1. The summed E-state index contributed by atoms with van der Waals surface area (Å²) >= 11 is 0. The zero-order chi connectivity index (χ0) is 19.7. The second-order valence-corrected chi connectivity index (χ2v) is 7.57. The summed E-state index contributed by atoms with van der Waals surface area (Å²) in [5.74, 6) is 0.526. The summed E-state index contributed by atoms with van der Waals surface area (Å²) in [4.78, 5) is 18.6. The van der Waals surface area contributed by atoms with Gasteiger partial charge in [-0.3, -0.25) is 15.1 Å². The van der Waals surface area contributed by atoms with Crippen LogP contribution < -0.4 is 5.32 Å². The number of nitrogens with zero attached hydrogens (tertiary/aromatic N) is 2. The summed E-state index contributed by atoms with van der Waals surface area (Å²) in [7, 11) is 0. The highest BCUT2D eigenvalue weighted by Crippen LogP contribution is 2.38. The Kier molecular flexibility index (Phi) is 4.81. The van der Waals surface area contributed by atoms with E-state index >= 15 is 0 Å². The van der Waals surface area contributed by atoms with E-state index < -0.39 is 5.66 Å². The number of hydrogen-bond acceptors (Lipinski definition) is 5. The van der Waals surface area contributed by atoms with Gasteiger partial charge < -0.3 is 15.1 Å². The largest absolute Gasteiger partial charge is 0.508 e. The maximum absolute atomic E-state index is 11.7. The number of hydrogen-bond donors (Lipinski definition) is 3. The Bertz CT molecular complexity index is 917. The van der Waals surface area contributed by atoms with E-state index in [0.717, 1.165) is 16.8 Å². The molecule has 1 spiro atoms. The van der Waals surface area contributed by atoms with Crippen molar-refractivity contribution in [2.45, 2.75) is 37.9 Å². The van der Waals surface area contributed by atoms with Crippen LogP contribution in [-0.4, -0.2) is 45.5 Å². The molecule has 0 saturated carbocycles. The van der Waals surface area contributed by atoms with E-state index in [1.807, 2.05) is 29.2 Å². The molecule has 2 heterocycles. The number of carbonyl (C=O) groups is 1. The van der Waals surface area contributed by atoms with Crippen LogP contribution in [-0.2, 0) is 4.79 Å². The number of carbonyl (C=O) groups excluding carboxylic acids is 1. The van der Waals surface area contributed by atoms with E-state index in [-0.39, 0.29) is 23.4 Å². The number of piperidine rings is 1. The number of para-hydroxylation sites is 2. The molecule has 1 unspecified atom stereocenters. The second kappa shape index (κ2) is 7.28. The Balaban J connectivity index is 1.73. The van der Waals surface area contributed by atoms with Gasteiger partial charge in [0.2, 0.25) is 5.91 Å². The highest BCUT2D eigenvalue weighted by Gasteiger charge is 2.41. The molecule has 2 aliphatic rings. The first-order valence-electron chi connectivity index (χ1n) is 9.66. The van der Waals surface area contributed by atoms with Gasteiger partial charge in [-0.1, -0.05) is 30.3 Å². The monoisotopic (exact) mass is 379 g/mol. The van der Waals surface area contributed by atoms with Crippen LogP contribution in [0.2, 0.25) is 0 Å². The Morgan fingerprint density at radius 2 is 1.71 bits per heavy atom. The average molecular weight is 379 g/mol. The van der Waals surface area contributed by atoms with Crippen molar-refractivity contribution in [1.29, 1.82) is 0 Å². The molecule has 3 N–H and O–H groups in total. The van der Waals surface area contributed by atoms with Gasteiger partial charge in [0.15, 0.2) is 0 Å². The fraction of sp³-hybridized carbons (Fsp3) is 0.364. The van der Waals surface area contributed by atoms with Crippen molar-refractivity contribution in [1.82, 2.24) is 10.2 Å². The first-order chi connectivity index (χ1) is 13.5. The van der Waals surface area contributed by atoms with Gasteiger partial charge in [0.1, 0.15) is 17.2 Å². The maximum Gasteiger partial charge on any atom is 0.219 e. The molecule has 4 rings (SSSR count). The molecular formula is C22H25N3O3. The Hall–Kier alpha value is -2.86. The lowest BCUT2D eigenvalue weighted by Crippen LogP contribution is -2.56. The number of likely N-dealkylation sites (tertiary alicyclic amines) is 1. The number of aliphatic imine (C=N–C) groups is 1. The molecule has 2 aromatic carbocycles. The molecule has 6 heteroatoms. The average Bonchev–Trinajstić information content (AvgIpc) is 2.68. The highest BCUT2D eigenvalue weighted by molar-refractivity contribution is 6.03. The van der Waals surface area contributed by atoms with Gasteiger partial charge in [-0.2, -0.15) is 0 Å². The Labute approximate surface area is 164 Å². The molecule has 146 valence electrons. The van der Waals surface area contributed by atoms with Crippen molar-refractivity contribution in [3.63, 3.8) is 0 Å². The third-order valence-corrected chi connectivity index (χ3v) is 5.75. The minimum Gasteiger partial charge on any atom is -0.508 e. The van der Waals surface area contributed by atoms with Gasteiger partial charge in [0.25, 0.3) is 0 Å². The lowest BCUT2D eigenvalue weighted by atomic mass is 9.87. The predicted octanol–water partition coefficient (Wildman–Crippen LogP) is 2.96. The number of rotatable bonds is 2. The molecule has 0 bridgehead atoms. The van der Waals surface area contributed by atoms with E-state index in [0.29, 0.717) is 32.4 Å². The lowest BCUT2D eigenvalue weighted by molar-refractivity contribution is -0.130. The van der Waals surface area contributed by atoms with E-state index in [2.05, 4.69) is 5.32 Å². The molecule has 1 saturated heterocycles. The molecule has 6 nitrogen and oxygen atoms in total. The van der Waals surface area contributed by atoms with E-state index in [4.69, 9.17) is 4.99 Å².